The number of carbonyl (C=O) groups is 1. The van der Waals surface area contributed by atoms with E-state index in [1.165, 1.54) is 11.1 Å². The third-order valence-electron chi connectivity index (χ3n) is 3.68. The smallest absolute Gasteiger partial charge is 0.226 e. The maximum atomic E-state index is 12.4. The first-order valence-electron chi connectivity index (χ1n) is 7.35. The van der Waals surface area contributed by atoms with Crippen molar-refractivity contribution in [3.05, 3.63) is 71.3 Å². The molecule has 110 valence electrons. The van der Waals surface area contributed by atoms with Crippen LogP contribution < -0.4 is 5.32 Å². The molecule has 0 aliphatic rings. The molecule has 1 N–H and O–H groups in total. The van der Waals surface area contributed by atoms with Crippen LogP contribution in [0.1, 0.15) is 30.5 Å². The lowest BCUT2D eigenvalue weighted by molar-refractivity contribution is -0.129. The lowest BCUT2D eigenvalue weighted by Gasteiger charge is -2.23. The molecular formula is C19H23NO. The van der Waals surface area contributed by atoms with Gasteiger partial charge in [-0.25, -0.2) is 0 Å². The first kappa shape index (κ1) is 15.3. The summed E-state index contributed by atoms with van der Waals surface area (Å²) in [5.74, 6) is 0.0897. The van der Waals surface area contributed by atoms with Crippen molar-refractivity contribution in [1.29, 1.82) is 0 Å². The molecule has 2 aromatic rings. The molecule has 0 spiro atoms. The molecule has 2 heteroatoms. The van der Waals surface area contributed by atoms with Crippen molar-refractivity contribution in [1.82, 2.24) is 5.32 Å². The molecule has 0 unspecified atom stereocenters. The SMILES string of the molecule is Cc1ccc(CNC(=O)C(C)(C)Cc2ccccc2)cc1. The van der Waals surface area contributed by atoms with Crippen molar-refractivity contribution in [2.75, 3.05) is 0 Å². The fourth-order valence-electron chi connectivity index (χ4n) is 2.31. The fraction of sp³-hybridized carbons (Fsp3) is 0.316. The average Bonchev–Trinajstić information content (AvgIpc) is 2.47. The van der Waals surface area contributed by atoms with Crippen molar-refractivity contribution < 1.29 is 4.79 Å². The average molecular weight is 281 g/mol. The monoisotopic (exact) mass is 281 g/mol. The molecule has 2 aromatic carbocycles. The highest BCUT2D eigenvalue weighted by Gasteiger charge is 2.27. The number of amides is 1. The van der Waals surface area contributed by atoms with E-state index in [2.05, 4.69) is 48.6 Å². The zero-order valence-electron chi connectivity index (χ0n) is 13.0. The molecule has 0 aliphatic carbocycles. The Bertz CT molecular complexity index is 585. The maximum absolute atomic E-state index is 12.4. The molecule has 0 saturated carbocycles. The van der Waals surface area contributed by atoms with Crippen LogP contribution in [-0.4, -0.2) is 5.91 Å². The van der Waals surface area contributed by atoms with Crippen molar-refractivity contribution in [2.45, 2.75) is 33.7 Å². The first-order valence-corrected chi connectivity index (χ1v) is 7.35. The van der Waals surface area contributed by atoms with Crippen LogP contribution >= 0.6 is 0 Å². The summed E-state index contributed by atoms with van der Waals surface area (Å²) >= 11 is 0. The number of carbonyl (C=O) groups excluding carboxylic acids is 1. The summed E-state index contributed by atoms with van der Waals surface area (Å²) in [5.41, 5.74) is 3.14. The fourth-order valence-corrected chi connectivity index (χ4v) is 2.31. The zero-order chi connectivity index (χ0) is 15.3. The summed E-state index contributed by atoms with van der Waals surface area (Å²) < 4.78 is 0. The van der Waals surface area contributed by atoms with Crippen LogP contribution in [0.15, 0.2) is 54.6 Å². The van der Waals surface area contributed by atoms with Gasteiger partial charge < -0.3 is 5.32 Å². The van der Waals surface area contributed by atoms with E-state index in [4.69, 9.17) is 0 Å². The molecule has 0 saturated heterocycles. The second kappa shape index (κ2) is 6.57. The Morgan fingerprint density at radius 1 is 0.952 bits per heavy atom. The Morgan fingerprint density at radius 2 is 1.57 bits per heavy atom. The minimum atomic E-state index is -0.411. The van der Waals surface area contributed by atoms with Gasteiger partial charge in [0.2, 0.25) is 5.91 Å². The van der Waals surface area contributed by atoms with Crippen molar-refractivity contribution >= 4 is 5.91 Å². The minimum Gasteiger partial charge on any atom is -0.352 e. The summed E-state index contributed by atoms with van der Waals surface area (Å²) in [6.45, 7) is 6.62. The van der Waals surface area contributed by atoms with Gasteiger partial charge in [-0.15, -0.1) is 0 Å². The van der Waals surface area contributed by atoms with E-state index in [9.17, 15) is 4.79 Å². The van der Waals surface area contributed by atoms with Crippen LogP contribution in [0.25, 0.3) is 0 Å². The molecule has 0 heterocycles. The number of hydrogen-bond donors (Lipinski definition) is 1. The molecule has 0 radical (unpaired) electrons. The van der Waals surface area contributed by atoms with Crippen molar-refractivity contribution in [3.63, 3.8) is 0 Å². The van der Waals surface area contributed by atoms with Crippen molar-refractivity contribution in [3.8, 4) is 0 Å². The summed E-state index contributed by atoms with van der Waals surface area (Å²) in [6.07, 6.45) is 0.744. The highest BCUT2D eigenvalue weighted by Crippen LogP contribution is 2.22. The summed E-state index contributed by atoms with van der Waals surface area (Å²) in [4.78, 5) is 12.4. The number of benzene rings is 2. The summed E-state index contributed by atoms with van der Waals surface area (Å²) in [7, 11) is 0. The molecular weight excluding hydrogens is 258 g/mol. The van der Waals surface area contributed by atoms with Gasteiger partial charge in [-0.05, 0) is 24.5 Å². The van der Waals surface area contributed by atoms with Crippen LogP contribution in [-0.2, 0) is 17.8 Å². The lowest BCUT2D eigenvalue weighted by Crippen LogP contribution is -2.38. The molecule has 0 bridgehead atoms. The molecule has 0 aromatic heterocycles. The number of rotatable bonds is 5. The van der Waals surface area contributed by atoms with E-state index in [1.807, 2.05) is 32.0 Å². The largest absolute Gasteiger partial charge is 0.352 e. The maximum Gasteiger partial charge on any atom is 0.226 e. The van der Waals surface area contributed by atoms with Crippen LogP contribution in [0.4, 0.5) is 0 Å². The Labute approximate surface area is 127 Å². The first-order chi connectivity index (χ1) is 9.97. The second-order valence-electron chi connectivity index (χ2n) is 6.21. The van der Waals surface area contributed by atoms with E-state index in [0.29, 0.717) is 6.54 Å². The Kier molecular flexibility index (Phi) is 4.79. The molecule has 21 heavy (non-hydrogen) atoms. The second-order valence-corrected chi connectivity index (χ2v) is 6.21. The van der Waals surface area contributed by atoms with E-state index in [0.717, 1.165) is 12.0 Å². The highest BCUT2D eigenvalue weighted by atomic mass is 16.2. The molecule has 0 fully saturated rings. The van der Waals surface area contributed by atoms with Gasteiger partial charge in [0.05, 0.1) is 0 Å². The number of aryl methyl sites for hydroxylation is 1. The van der Waals surface area contributed by atoms with E-state index in [-0.39, 0.29) is 5.91 Å². The van der Waals surface area contributed by atoms with Crippen LogP contribution in [0.3, 0.4) is 0 Å². The third kappa shape index (κ3) is 4.45. The molecule has 0 atom stereocenters. The van der Waals surface area contributed by atoms with Gasteiger partial charge in [0, 0.05) is 12.0 Å². The van der Waals surface area contributed by atoms with Crippen LogP contribution in [0.2, 0.25) is 0 Å². The van der Waals surface area contributed by atoms with Crippen molar-refractivity contribution in [2.24, 2.45) is 5.41 Å². The normalized spacial score (nSPS) is 11.2. The number of hydrogen-bond acceptors (Lipinski definition) is 1. The highest BCUT2D eigenvalue weighted by molar-refractivity contribution is 5.82. The van der Waals surface area contributed by atoms with E-state index >= 15 is 0 Å². The van der Waals surface area contributed by atoms with Gasteiger partial charge in [-0.1, -0.05) is 74.0 Å². The molecule has 2 nitrogen and oxygen atoms in total. The van der Waals surface area contributed by atoms with Gasteiger partial charge in [0.1, 0.15) is 0 Å². The Morgan fingerprint density at radius 3 is 2.19 bits per heavy atom. The minimum absolute atomic E-state index is 0.0897. The lowest BCUT2D eigenvalue weighted by atomic mass is 9.85. The van der Waals surface area contributed by atoms with Gasteiger partial charge >= 0.3 is 0 Å². The standard InChI is InChI=1S/C19H23NO/c1-15-9-11-17(12-10-15)14-20-18(21)19(2,3)13-16-7-5-4-6-8-16/h4-12H,13-14H2,1-3H3,(H,20,21). The number of nitrogens with one attached hydrogen (secondary N) is 1. The predicted molar refractivity (Wildman–Crippen MR) is 87.0 cm³/mol. The van der Waals surface area contributed by atoms with Gasteiger partial charge in [-0.3, -0.25) is 4.79 Å². The quantitative estimate of drug-likeness (QED) is 0.885. The van der Waals surface area contributed by atoms with Gasteiger partial charge in [0.15, 0.2) is 0 Å². The van der Waals surface area contributed by atoms with Crippen LogP contribution in [0, 0.1) is 12.3 Å². The van der Waals surface area contributed by atoms with Gasteiger partial charge in [-0.2, -0.15) is 0 Å². The van der Waals surface area contributed by atoms with Crippen LogP contribution in [0.5, 0.6) is 0 Å². The summed E-state index contributed by atoms with van der Waals surface area (Å²) in [5, 5.41) is 3.04. The predicted octanol–water partition coefficient (Wildman–Crippen LogP) is 3.88. The summed E-state index contributed by atoms with van der Waals surface area (Å²) in [6, 6.07) is 18.4. The molecule has 1 amide bonds. The Balaban J connectivity index is 1.93. The third-order valence-corrected chi connectivity index (χ3v) is 3.68. The molecule has 0 aliphatic heterocycles. The van der Waals surface area contributed by atoms with Gasteiger partial charge in [0.25, 0.3) is 0 Å². The van der Waals surface area contributed by atoms with E-state index in [1.54, 1.807) is 0 Å². The Hall–Kier alpha value is -2.09. The topological polar surface area (TPSA) is 29.1 Å². The van der Waals surface area contributed by atoms with E-state index < -0.39 is 5.41 Å². The zero-order valence-corrected chi connectivity index (χ0v) is 13.0. The molecule has 2 rings (SSSR count).